The molecule has 1 unspecified atom stereocenters. The molecule has 1 atom stereocenters. The van der Waals surface area contributed by atoms with Crippen LogP contribution in [0.1, 0.15) is 22.6 Å². The third-order valence-corrected chi connectivity index (χ3v) is 3.86. The normalized spacial score (nSPS) is 12.0. The predicted molar refractivity (Wildman–Crippen MR) is 85.5 cm³/mol. The lowest BCUT2D eigenvalue weighted by Crippen LogP contribution is -2.37. The average Bonchev–Trinajstić information content (AvgIpc) is 2.85. The first kappa shape index (κ1) is 17.7. The Bertz CT molecular complexity index is 706. The van der Waals surface area contributed by atoms with E-state index >= 15 is 0 Å². The van der Waals surface area contributed by atoms with E-state index in [1.807, 2.05) is 0 Å². The molecular formula is C17H20FN3O3. The van der Waals surface area contributed by atoms with Crippen molar-refractivity contribution in [1.29, 1.82) is 0 Å². The molecule has 0 fully saturated rings. The minimum absolute atomic E-state index is 0.120. The minimum Gasteiger partial charge on any atom is -0.369 e. The lowest BCUT2D eigenvalue weighted by Gasteiger charge is -2.14. The fourth-order valence-corrected chi connectivity index (χ4v) is 2.39. The number of amides is 2. The molecule has 2 amide bonds. The van der Waals surface area contributed by atoms with Gasteiger partial charge in [-0.15, -0.1) is 0 Å². The molecule has 0 bridgehead atoms. The largest absolute Gasteiger partial charge is 0.369 e. The molecule has 0 spiro atoms. The number of nitrogens with zero attached hydrogens (tertiary/aromatic N) is 1. The van der Waals surface area contributed by atoms with Crippen molar-refractivity contribution in [3.8, 4) is 0 Å². The van der Waals surface area contributed by atoms with Crippen molar-refractivity contribution >= 4 is 11.8 Å². The summed E-state index contributed by atoms with van der Waals surface area (Å²) in [6.07, 6.45) is 0.463. The predicted octanol–water partition coefficient (Wildman–Crippen LogP) is 1.43. The topological polar surface area (TPSA) is 98.2 Å². The Morgan fingerprint density at radius 2 is 1.96 bits per heavy atom. The summed E-state index contributed by atoms with van der Waals surface area (Å²) in [4.78, 5) is 23.6. The van der Waals surface area contributed by atoms with Crippen LogP contribution in [0.25, 0.3) is 0 Å². The van der Waals surface area contributed by atoms with Gasteiger partial charge >= 0.3 is 0 Å². The molecule has 24 heavy (non-hydrogen) atoms. The Balaban J connectivity index is 1.92. The van der Waals surface area contributed by atoms with Crippen molar-refractivity contribution in [1.82, 2.24) is 10.5 Å². The quantitative estimate of drug-likeness (QED) is 0.801. The van der Waals surface area contributed by atoms with Gasteiger partial charge in [0.25, 0.3) is 0 Å². The molecule has 0 aliphatic heterocycles. The maximum atomic E-state index is 12.9. The number of halogens is 1. The second-order valence-electron chi connectivity index (χ2n) is 5.71. The number of primary amides is 1. The highest BCUT2D eigenvalue weighted by atomic mass is 19.1. The van der Waals surface area contributed by atoms with Crippen LogP contribution in [0.4, 0.5) is 4.39 Å². The van der Waals surface area contributed by atoms with E-state index in [9.17, 15) is 14.0 Å². The number of aromatic nitrogens is 1. The van der Waals surface area contributed by atoms with Gasteiger partial charge in [0.15, 0.2) is 0 Å². The molecule has 2 aromatic rings. The number of rotatable bonds is 7. The van der Waals surface area contributed by atoms with Gasteiger partial charge in [-0.3, -0.25) is 9.59 Å². The van der Waals surface area contributed by atoms with E-state index < -0.39 is 11.8 Å². The molecule has 128 valence electrons. The number of hydrogen-bond donors (Lipinski definition) is 2. The first-order valence-electron chi connectivity index (χ1n) is 7.59. The Hall–Kier alpha value is -2.70. The summed E-state index contributed by atoms with van der Waals surface area (Å²) in [5.74, 6) is -1.07. The number of hydrogen-bond acceptors (Lipinski definition) is 4. The standard InChI is InChI=1S/C17H20FN3O3/c1-10-15(11(2)24-21-10)8-16(22)20-9-13(17(19)23)7-12-3-5-14(18)6-4-12/h3-6,13H,7-9H2,1-2H3,(H2,19,23)(H,20,22). The average molecular weight is 333 g/mol. The fourth-order valence-electron chi connectivity index (χ4n) is 2.39. The summed E-state index contributed by atoms with van der Waals surface area (Å²) in [6, 6.07) is 5.83. The van der Waals surface area contributed by atoms with Crippen LogP contribution in [0, 0.1) is 25.6 Å². The molecule has 0 aliphatic rings. The van der Waals surface area contributed by atoms with Crippen molar-refractivity contribution in [2.45, 2.75) is 26.7 Å². The highest BCUT2D eigenvalue weighted by molar-refractivity contribution is 5.81. The van der Waals surface area contributed by atoms with Crippen LogP contribution >= 0.6 is 0 Å². The zero-order chi connectivity index (χ0) is 17.7. The molecule has 0 radical (unpaired) electrons. The Morgan fingerprint density at radius 3 is 2.50 bits per heavy atom. The number of benzene rings is 1. The Labute approximate surface area is 139 Å². The third-order valence-electron chi connectivity index (χ3n) is 3.86. The van der Waals surface area contributed by atoms with Crippen LogP contribution in [-0.2, 0) is 22.4 Å². The van der Waals surface area contributed by atoms with Gasteiger partial charge in [-0.25, -0.2) is 4.39 Å². The van der Waals surface area contributed by atoms with E-state index in [4.69, 9.17) is 10.3 Å². The van der Waals surface area contributed by atoms with Crippen LogP contribution in [0.15, 0.2) is 28.8 Å². The second-order valence-corrected chi connectivity index (χ2v) is 5.71. The van der Waals surface area contributed by atoms with Gasteiger partial charge in [-0.2, -0.15) is 0 Å². The van der Waals surface area contributed by atoms with E-state index in [-0.39, 0.29) is 24.7 Å². The second kappa shape index (κ2) is 7.72. The van der Waals surface area contributed by atoms with E-state index in [2.05, 4.69) is 10.5 Å². The lowest BCUT2D eigenvalue weighted by molar-refractivity contribution is -0.123. The number of carbonyl (C=O) groups is 2. The number of carbonyl (C=O) groups excluding carboxylic acids is 2. The lowest BCUT2D eigenvalue weighted by atomic mass is 9.98. The van der Waals surface area contributed by atoms with Crippen LogP contribution in [0.3, 0.4) is 0 Å². The van der Waals surface area contributed by atoms with Crippen molar-refractivity contribution in [2.24, 2.45) is 11.7 Å². The summed E-state index contributed by atoms with van der Waals surface area (Å²) in [5.41, 5.74) is 7.58. The molecule has 0 saturated carbocycles. The smallest absolute Gasteiger partial charge is 0.224 e. The number of aryl methyl sites for hydroxylation is 2. The van der Waals surface area contributed by atoms with Crippen molar-refractivity contribution < 1.29 is 18.5 Å². The first-order valence-corrected chi connectivity index (χ1v) is 7.59. The molecule has 1 aromatic heterocycles. The van der Waals surface area contributed by atoms with Crippen LogP contribution < -0.4 is 11.1 Å². The molecule has 6 nitrogen and oxygen atoms in total. The van der Waals surface area contributed by atoms with Crippen LogP contribution in [-0.4, -0.2) is 23.5 Å². The first-order chi connectivity index (χ1) is 11.4. The molecule has 1 heterocycles. The summed E-state index contributed by atoms with van der Waals surface area (Å²) >= 11 is 0. The number of nitrogens with two attached hydrogens (primary N) is 1. The Morgan fingerprint density at radius 1 is 1.29 bits per heavy atom. The summed E-state index contributed by atoms with van der Waals surface area (Å²) in [5, 5.41) is 6.50. The molecule has 2 rings (SSSR count). The molecular weight excluding hydrogens is 313 g/mol. The van der Waals surface area contributed by atoms with Crippen molar-refractivity contribution in [2.75, 3.05) is 6.54 Å². The maximum absolute atomic E-state index is 12.9. The van der Waals surface area contributed by atoms with Gasteiger partial charge in [-0.1, -0.05) is 17.3 Å². The van der Waals surface area contributed by atoms with Gasteiger partial charge < -0.3 is 15.6 Å². The zero-order valence-corrected chi connectivity index (χ0v) is 13.6. The monoisotopic (exact) mass is 333 g/mol. The maximum Gasteiger partial charge on any atom is 0.224 e. The van der Waals surface area contributed by atoms with Crippen LogP contribution in [0.5, 0.6) is 0 Å². The van der Waals surface area contributed by atoms with Gasteiger partial charge in [0.1, 0.15) is 11.6 Å². The van der Waals surface area contributed by atoms with E-state index in [1.54, 1.807) is 26.0 Å². The summed E-state index contributed by atoms with van der Waals surface area (Å²) in [7, 11) is 0. The molecule has 0 aliphatic carbocycles. The van der Waals surface area contributed by atoms with Crippen LogP contribution in [0.2, 0.25) is 0 Å². The summed E-state index contributed by atoms with van der Waals surface area (Å²) in [6.45, 7) is 3.62. The molecule has 1 aromatic carbocycles. The molecule has 7 heteroatoms. The van der Waals surface area contributed by atoms with Crippen molar-refractivity contribution in [3.05, 3.63) is 52.7 Å². The third kappa shape index (κ3) is 4.65. The fraction of sp³-hybridized carbons (Fsp3) is 0.353. The van der Waals surface area contributed by atoms with E-state index in [0.29, 0.717) is 17.9 Å². The van der Waals surface area contributed by atoms with Crippen molar-refractivity contribution in [3.63, 3.8) is 0 Å². The highest BCUT2D eigenvalue weighted by Gasteiger charge is 2.19. The van der Waals surface area contributed by atoms with Gasteiger partial charge in [0, 0.05) is 12.1 Å². The minimum atomic E-state index is -0.566. The van der Waals surface area contributed by atoms with Gasteiger partial charge in [-0.05, 0) is 38.0 Å². The summed E-state index contributed by atoms with van der Waals surface area (Å²) < 4.78 is 17.9. The highest BCUT2D eigenvalue weighted by Crippen LogP contribution is 2.13. The SMILES string of the molecule is Cc1noc(C)c1CC(=O)NCC(Cc1ccc(F)cc1)C(N)=O. The van der Waals surface area contributed by atoms with Gasteiger partial charge in [0.05, 0.1) is 18.0 Å². The Kier molecular flexibility index (Phi) is 5.68. The zero-order valence-electron chi connectivity index (χ0n) is 13.6. The molecule has 3 N–H and O–H groups in total. The van der Waals surface area contributed by atoms with E-state index in [1.165, 1.54) is 12.1 Å². The van der Waals surface area contributed by atoms with E-state index in [0.717, 1.165) is 11.1 Å². The van der Waals surface area contributed by atoms with Gasteiger partial charge in [0.2, 0.25) is 11.8 Å². The molecule has 0 saturated heterocycles. The number of nitrogens with one attached hydrogen (secondary N) is 1.